The van der Waals surface area contributed by atoms with Crippen molar-refractivity contribution in [2.24, 2.45) is 0 Å². The van der Waals surface area contributed by atoms with Crippen molar-refractivity contribution in [2.45, 2.75) is 32.4 Å². The second-order valence-corrected chi connectivity index (χ2v) is 3.46. The highest BCUT2D eigenvalue weighted by Crippen LogP contribution is 2.00. The van der Waals surface area contributed by atoms with Gasteiger partial charge in [-0.15, -0.1) is 0 Å². The summed E-state index contributed by atoms with van der Waals surface area (Å²) in [7, 11) is 0. The van der Waals surface area contributed by atoms with Crippen LogP contribution in [0.3, 0.4) is 0 Å². The molecule has 10 heavy (non-hydrogen) atoms. The first-order valence-corrected chi connectivity index (χ1v) is 3.49. The minimum Gasteiger partial charge on any atom is -0.395 e. The summed E-state index contributed by atoms with van der Waals surface area (Å²) in [5.74, 6) is 0. The van der Waals surface area contributed by atoms with Crippen LogP contribution in [0.1, 0.15) is 20.8 Å². The Morgan fingerprint density at radius 2 is 1.60 bits per heavy atom. The molecule has 0 aromatic carbocycles. The van der Waals surface area contributed by atoms with E-state index < -0.39 is 0 Å². The Morgan fingerprint density at radius 3 is 1.70 bits per heavy atom. The van der Waals surface area contributed by atoms with Crippen LogP contribution in [0.4, 0.5) is 0 Å². The highest BCUT2D eigenvalue weighted by Gasteiger charge is 2.14. The predicted octanol–water partition coefficient (Wildman–Crippen LogP) is -0.272. The molecule has 0 aromatic heterocycles. The zero-order valence-corrected chi connectivity index (χ0v) is 6.89. The molecule has 0 rings (SSSR count). The predicted molar refractivity (Wildman–Crippen MR) is 40.8 cm³/mol. The molecule has 0 atom stereocenters. The van der Waals surface area contributed by atoms with Gasteiger partial charge in [0.25, 0.3) is 0 Å². The van der Waals surface area contributed by atoms with Crippen molar-refractivity contribution in [3.05, 3.63) is 0 Å². The smallest absolute Gasteiger partial charge is 0.0607 e. The Hall–Kier alpha value is -0.120. The summed E-state index contributed by atoms with van der Waals surface area (Å²) in [5, 5.41) is 20.4. The molecule has 3 N–H and O–H groups in total. The Morgan fingerprint density at radius 1 is 1.20 bits per heavy atom. The van der Waals surface area contributed by atoms with Crippen LogP contribution in [0.5, 0.6) is 0 Å². The van der Waals surface area contributed by atoms with Crippen LogP contribution in [0.25, 0.3) is 0 Å². The highest BCUT2D eigenvalue weighted by atomic mass is 16.3. The van der Waals surface area contributed by atoms with Crippen molar-refractivity contribution in [3.8, 4) is 0 Å². The molecular formula is C7H17NO2. The van der Waals surface area contributed by atoms with Crippen LogP contribution in [-0.4, -0.2) is 35.0 Å². The SMILES string of the molecule is CC(C)(C)NC(CO)CO. The summed E-state index contributed by atoms with van der Waals surface area (Å²) in [6.45, 7) is 5.93. The second-order valence-electron chi connectivity index (χ2n) is 3.46. The van der Waals surface area contributed by atoms with Crippen LogP contribution >= 0.6 is 0 Å². The summed E-state index contributed by atoms with van der Waals surface area (Å²) in [6, 6.07) is -0.194. The molecule has 0 radical (unpaired) electrons. The largest absolute Gasteiger partial charge is 0.395 e. The molecule has 62 valence electrons. The fourth-order valence-electron chi connectivity index (χ4n) is 0.761. The average molecular weight is 147 g/mol. The first-order valence-electron chi connectivity index (χ1n) is 3.49. The lowest BCUT2D eigenvalue weighted by atomic mass is 10.1. The monoisotopic (exact) mass is 147 g/mol. The Balaban J connectivity index is 3.63. The van der Waals surface area contributed by atoms with Crippen LogP contribution in [0.15, 0.2) is 0 Å². The highest BCUT2D eigenvalue weighted by molar-refractivity contribution is 4.76. The number of nitrogens with one attached hydrogen (secondary N) is 1. The van der Waals surface area contributed by atoms with Gasteiger partial charge in [0.15, 0.2) is 0 Å². The maximum absolute atomic E-state index is 8.67. The summed E-state index contributed by atoms with van der Waals surface area (Å²) in [5.41, 5.74) is -0.0455. The molecule has 0 amide bonds. The molecular weight excluding hydrogens is 130 g/mol. The van der Waals surface area contributed by atoms with E-state index in [2.05, 4.69) is 5.32 Å². The molecule has 0 unspecified atom stereocenters. The zero-order valence-electron chi connectivity index (χ0n) is 6.89. The van der Waals surface area contributed by atoms with Gasteiger partial charge in [0.1, 0.15) is 0 Å². The van der Waals surface area contributed by atoms with E-state index >= 15 is 0 Å². The lowest BCUT2D eigenvalue weighted by Gasteiger charge is -2.25. The normalized spacial score (nSPS) is 12.6. The van der Waals surface area contributed by atoms with E-state index in [-0.39, 0.29) is 24.8 Å². The van der Waals surface area contributed by atoms with Gasteiger partial charge in [0.05, 0.1) is 19.3 Å². The summed E-state index contributed by atoms with van der Waals surface area (Å²) >= 11 is 0. The molecule has 0 spiro atoms. The van der Waals surface area contributed by atoms with Crippen LogP contribution < -0.4 is 5.32 Å². The average Bonchev–Trinajstić information content (AvgIpc) is 1.81. The molecule has 0 aliphatic carbocycles. The molecule has 0 aliphatic heterocycles. The van der Waals surface area contributed by atoms with Crippen LogP contribution in [-0.2, 0) is 0 Å². The van der Waals surface area contributed by atoms with Gasteiger partial charge < -0.3 is 15.5 Å². The summed E-state index contributed by atoms with van der Waals surface area (Å²) in [4.78, 5) is 0. The number of hydrogen-bond acceptors (Lipinski definition) is 3. The van der Waals surface area contributed by atoms with Gasteiger partial charge in [-0.25, -0.2) is 0 Å². The number of rotatable bonds is 3. The number of aliphatic hydroxyl groups excluding tert-OH is 2. The fourth-order valence-corrected chi connectivity index (χ4v) is 0.761. The van der Waals surface area contributed by atoms with E-state index in [9.17, 15) is 0 Å². The van der Waals surface area contributed by atoms with Crippen LogP contribution in [0, 0.1) is 0 Å². The minimum atomic E-state index is -0.194. The zero-order chi connectivity index (χ0) is 8.20. The minimum absolute atomic E-state index is 0.0201. The summed E-state index contributed by atoms with van der Waals surface area (Å²) in [6.07, 6.45) is 0. The molecule has 0 aromatic rings. The van der Waals surface area contributed by atoms with E-state index in [1.165, 1.54) is 0 Å². The Labute approximate surface area is 62.1 Å². The summed E-state index contributed by atoms with van der Waals surface area (Å²) < 4.78 is 0. The van der Waals surface area contributed by atoms with E-state index in [0.29, 0.717) is 0 Å². The van der Waals surface area contributed by atoms with E-state index in [0.717, 1.165) is 0 Å². The van der Waals surface area contributed by atoms with Gasteiger partial charge in [-0.3, -0.25) is 0 Å². The third-order valence-electron chi connectivity index (χ3n) is 1.08. The number of hydrogen-bond donors (Lipinski definition) is 3. The van der Waals surface area contributed by atoms with Gasteiger partial charge in [-0.05, 0) is 20.8 Å². The van der Waals surface area contributed by atoms with Gasteiger partial charge in [-0.2, -0.15) is 0 Å². The van der Waals surface area contributed by atoms with Crippen molar-refractivity contribution in [1.29, 1.82) is 0 Å². The maximum Gasteiger partial charge on any atom is 0.0607 e. The van der Waals surface area contributed by atoms with Crippen LogP contribution in [0.2, 0.25) is 0 Å². The quantitative estimate of drug-likeness (QED) is 0.515. The molecule has 0 saturated carbocycles. The molecule has 3 heteroatoms. The molecule has 3 nitrogen and oxygen atoms in total. The first kappa shape index (κ1) is 9.88. The van der Waals surface area contributed by atoms with Gasteiger partial charge in [0, 0.05) is 5.54 Å². The van der Waals surface area contributed by atoms with Crippen molar-refractivity contribution in [1.82, 2.24) is 5.32 Å². The topological polar surface area (TPSA) is 52.5 Å². The lowest BCUT2D eigenvalue weighted by Crippen LogP contribution is -2.47. The molecule has 0 fully saturated rings. The molecule has 0 bridgehead atoms. The van der Waals surface area contributed by atoms with Gasteiger partial charge >= 0.3 is 0 Å². The van der Waals surface area contributed by atoms with Crippen molar-refractivity contribution in [2.75, 3.05) is 13.2 Å². The van der Waals surface area contributed by atoms with Gasteiger partial charge in [-0.1, -0.05) is 0 Å². The van der Waals surface area contributed by atoms with E-state index in [4.69, 9.17) is 10.2 Å². The first-order chi connectivity index (χ1) is 4.49. The Bertz CT molecular complexity index is 84.1. The number of aliphatic hydroxyl groups is 2. The van der Waals surface area contributed by atoms with Gasteiger partial charge in [0.2, 0.25) is 0 Å². The third-order valence-corrected chi connectivity index (χ3v) is 1.08. The molecule has 0 saturated heterocycles. The van der Waals surface area contributed by atoms with Crippen molar-refractivity contribution >= 4 is 0 Å². The fraction of sp³-hybridized carbons (Fsp3) is 1.00. The lowest BCUT2D eigenvalue weighted by molar-refractivity contribution is 0.150. The van der Waals surface area contributed by atoms with Crippen molar-refractivity contribution < 1.29 is 10.2 Å². The maximum atomic E-state index is 8.67. The van der Waals surface area contributed by atoms with E-state index in [1.807, 2.05) is 20.8 Å². The third kappa shape index (κ3) is 4.73. The Kier molecular flexibility index (Phi) is 3.86. The van der Waals surface area contributed by atoms with Crippen molar-refractivity contribution in [3.63, 3.8) is 0 Å². The standard InChI is InChI=1S/C7H17NO2/c1-7(2,3)8-6(4-9)5-10/h6,8-10H,4-5H2,1-3H3. The van der Waals surface area contributed by atoms with E-state index in [1.54, 1.807) is 0 Å². The second kappa shape index (κ2) is 3.91. The molecule has 0 heterocycles. The molecule has 0 aliphatic rings.